The summed E-state index contributed by atoms with van der Waals surface area (Å²) in [5.74, 6) is -1.14. The lowest BCUT2D eigenvalue weighted by Crippen LogP contribution is -2.64. The Balaban J connectivity index is 1.36. The number of ether oxygens (including phenoxy) is 1. The van der Waals surface area contributed by atoms with Gasteiger partial charge in [-0.05, 0) is 43.7 Å². The Morgan fingerprint density at radius 3 is 2.69 bits per heavy atom. The zero-order chi connectivity index (χ0) is 25.4. The lowest BCUT2D eigenvalue weighted by molar-refractivity contribution is -0.137. The molecule has 2 heterocycles. The van der Waals surface area contributed by atoms with Crippen molar-refractivity contribution in [1.29, 1.82) is 0 Å². The van der Waals surface area contributed by atoms with E-state index < -0.39 is 29.4 Å². The number of alkyl halides is 3. The minimum atomic E-state index is -4.52. The fraction of sp³-hybridized carbons (Fsp3) is 0.375. The number of benzene rings is 2. The number of carbonyl (C=O) groups is 3. The molecule has 2 atom stereocenters. The molecule has 2 aliphatic heterocycles. The maximum Gasteiger partial charge on any atom is 0.416 e. The van der Waals surface area contributed by atoms with E-state index in [1.165, 1.54) is 17.0 Å². The first kappa shape index (κ1) is 24.5. The van der Waals surface area contributed by atoms with E-state index in [0.717, 1.165) is 12.1 Å². The molecule has 0 aliphatic carbocycles. The predicted molar refractivity (Wildman–Crippen MR) is 119 cm³/mol. The summed E-state index contributed by atoms with van der Waals surface area (Å²) in [7, 11) is 0. The quantitative estimate of drug-likeness (QED) is 0.621. The van der Waals surface area contributed by atoms with E-state index >= 15 is 0 Å². The summed E-state index contributed by atoms with van der Waals surface area (Å²) in [6.07, 6.45) is -5.12. The van der Waals surface area contributed by atoms with Crippen LogP contribution in [0.5, 0.6) is 5.75 Å². The van der Waals surface area contributed by atoms with E-state index in [2.05, 4.69) is 5.32 Å². The molecule has 1 fully saturated rings. The largest absolute Gasteiger partial charge is 0.491 e. The lowest BCUT2D eigenvalue weighted by atomic mass is 9.98. The first-order valence-corrected chi connectivity index (χ1v) is 11.0. The van der Waals surface area contributed by atoms with Crippen LogP contribution in [-0.4, -0.2) is 59.2 Å². The van der Waals surface area contributed by atoms with Gasteiger partial charge in [0.15, 0.2) is 0 Å². The van der Waals surface area contributed by atoms with Crippen LogP contribution in [0.3, 0.4) is 0 Å². The molecule has 8 nitrogen and oxygen atoms in total. The molecule has 0 aromatic heterocycles. The number of hydrogen-bond acceptors (Lipinski definition) is 5. The number of amides is 3. The first-order valence-electron chi connectivity index (χ1n) is 11.0. The van der Waals surface area contributed by atoms with E-state index in [1.807, 2.05) is 0 Å². The SMILES string of the molecule is CC12CCC(=O)N1c1ccccc1C(=O)N2CC(=O)NCC(O)COc1cccc(C(F)(F)F)c1. The fourth-order valence-corrected chi connectivity index (χ4v) is 4.39. The number of carbonyl (C=O) groups excluding carboxylic acids is 3. The molecule has 1 saturated heterocycles. The smallest absolute Gasteiger partial charge is 0.416 e. The average Bonchev–Trinajstić information content (AvgIpc) is 3.14. The maximum atomic E-state index is 13.2. The molecule has 3 amide bonds. The molecule has 0 saturated carbocycles. The molecule has 2 aliphatic rings. The zero-order valence-electron chi connectivity index (χ0n) is 18.8. The number of nitrogens with zero attached hydrogens (tertiary/aromatic N) is 2. The van der Waals surface area contributed by atoms with Crippen molar-refractivity contribution in [3.63, 3.8) is 0 Å². The monoisotopic (exact) mass is 491 g/mol. The van der Waals surface area contributed by atoms with Crippen molar-refractivity contribution < 1.29 is 37.4 Å². The van der Waals surface area contributed by atoms with Gasteiger partial charge in [0.2, 0.25) is 11.8 Å². The van der Waals surface area contributed by atoms with Crippen LogP contribution < -0.4 is 15.0 Å². The average molecular weight is 491 g/mol. The van der Waals surface area contributed by atoms with E-state index in [0.29, 0.717) is 17.7 Å². The number of hydrogen-bond donors (Lipinski definition) is 2. The summed E-state index contributed by atoms with van der Waals surface area (Å²) in [6, 6.07) is 11.0. The van der Waals surface area contributed by atoms with Gasteiger partial charge in [0.05, 0.1) is 16.8 Å². The second-order valence-corrected chi connectivity index (χ2v) is 8.65. The topological polar surface area (TPSA) is 99.2 Å². The lowest BCUT2D eigenvalue weighted by Gasteiger charge is -2.48. The van der Waals surface area contributed by atoms with Gasteiger partial charge in [-0.1, -0.05) is 18.2 Å². The summed E-state index contributed by atoms with van der Waals surface area (Å²) >= 11 is 0. The molecule has 0 spiro atoms. The Labute approximate surface area is 199 Å². The minimum absolute atomic E-state index is 0.0679. The molecule has 0 radical (unpaired) electrons. The molecule has 2 aromatic rings. The number of fused-ring (bicyclic) bond motifs is 3. The molecule has 0 bridgehead atoms. The Bertz CT molecular complexity index is 1160. The third-order valence-corrected chi connectivity index (χ3v) is 6.19. The Hall–Kier alpha value is -3.60. The van der Waals surface area contributed by atoms with Gasteiger partial charge in [0.25, 0.3) is 5.91 Å². The van der Waals surface area contributed by atoms with E-state index in [1.54, 1.807) is 36.1 Å². The van der Waals surface area contributed by atoms with Crippen LogP contribution in [0.25, 0.3) is 0 Å². The van der Waals surface area contributed by atoms with Gasteiger partial charge in [-0.3, -0.25) is 19.3 Å². The molecule has 186 valence electrons. The molecular weight excluding hydrogens is 467 g/mol. The van der Waals surface area contributed by atoms with Crippen molar-refractivity contribution in [2.24, 2.45) is 0 Å². The van der Waals surface area contributed by atoms with Gasteiger partial charge in [-0.25, -0.2) is 0 Å². The van der Waals surface area contributed by atoms with Crippen LogP contribution in [-0.2, 0) is 15.8 Å². The summed E-state index contributed by atoms with van der Waals surface area (Å²) in [6.45, 7) is 0.804. The molecule has 2 aromatic carbocycles. The highest BCUT2D eigenvalue weighted by Gasteiger charge is 2.53. The van der Waals surface area contributed by atoms with Gasteiger partial charge in [0, 0.05) is 13.0 Å². The zero-order valence-corrected chi connectivity index (χ0v) is 18.8. The number of halogens is 3. The third-order valence-electron chi connectivity index (χ3n) is 6.19. The van der Waals surface area contributed by atoms with Gasteiger partial charge in [-0.2, -0.15) is 13.2 Å². The molecule has 11 heteroatoms. The second kappa shape index (κ2) is 9.21. The van der Waals surface area contributed by atoms with Crippen LogP contribution in [0.15, 0.2) is 48.5 Å². The maximum absolute atomic E-state index is 13.2. The van der Waals surface area contributed by atoms with Crippen molar-refractivity contribution in [3.05, 3.63) is 59.7 Å². The number of rotatable bonds is 7. The van der Waals surface area contributed by atoms with Gasteiger partial charge >= 0.3 is 6.18 Å². The van der Waals surface area contributed by atoms with Gasteiger partial charge < -0.3 is 20.1 Å². The van der Waals surface area contributed by atoms with Gasteiger partial charge in [-0.15, -0.1) is 0 Å². The molecular formula is C24H24F3N3O5. The van der Waals surface area contributed by atoms with E-state index in [-0.39, 0.29) is 43.7 Å². The summed E-state index contributed by atoms with van der Waals surface area (Å²) in [4.78, 5) is 41.3. The minimum Gasteiger partial charge on any atom is -0.491 e. The van der Waals surface area contributed by atoms with Crippen molar-refractivity contribution in [1.82, 2.24) is 10.2 Å². The van der Waals surface area contributed by atoms with Crippen molar-refractivity contribution in [2.75, 3.05) is 24.6 Å². The highest BCUT2D eigenvalue weighted by molar-refractivity contribution is 6.11. The number of aliphatic hydroxyl groups excluding tert-OH is 1. The Morgan fingerprint density at radius 1 is 1.20 bits per heavy atom. The first-order chi connectivity index (χ1) is 16.5. The summed E-state index contributed by atoms with van der Waals surface area (Å²) in [5, 5.41) is 12.6. The van der Waals surface area contributed by atoms with Crippen LogP contribution >= 0.6 is 0 Å². The fourth-order valence-electron chi connectivity index (χ4n) is 4.39. The highest BCUT2D eigenvalue weighted by Crippen LogP contribution is 2.43. The standard InChI is InChI=1S/C24H24F3N3O5/c1-23-10-9-21(33)30(23)19-8-3-2-7-18(19)22(34)29(23)13-20(32)28-12-16(31)14-35-17-6-4-5-15(11-17)24(25,26)27/h2-8,11,16,31H,9-10,12-14H2,1H3,(H,28,32). The highest BCUT2D eigenvalue weighted by atomic mass is 19.4. The number of nitrogens with one attached hydrogen (secondary N) is 1. The summed E-state index contributed by atoms with van der Waals surface area (Å²) in [5.41, 5.74) is -1.03. The van der Waals surface area contributed by atoms with Crippen molar-refractivity contribution in [3.8, 4) is 5.75 Å². The normalized spacial score (nSPS) is 20.4. The Kier molecular flexibility index (Phi) is 6.46. The van der Waals surface area contributed by atoms with E-state index in [9.17, 15) is 32.7 Å². The van der Waals surface area contributed by atoms with Crippen molar-refractivity contribution in [2.45, 2.75) is 37.7 Å². The molecule has 2 N–H and O–H groups in total. The number of anilines is 1. The number of para-hydroxylation sites is 1. The van der Waals surface area contributed by atoms with Crippen molar-refractivity contribution >= 4 is 23.4 Å². The molecule has 4 rings (SSSR count). The van der Waals surface area contributed by atoms with Crippen LogP contribution in [0.4, 0.5) is 18.9 Å². The molecule has 2 unspecified atom stereocenters. The van der Waals surface area contributed by atoms with Crippen LogP contribution in [0.2, 0.25) is 0 Å². The van der Waals surface area contributed by atoms with Crippen LogP contribution in [0, 0.1) is 0 Å². The molecule has 35 heavy (non-hydrogen) atoms. The van der Waals surface area contributed by atoms with E-state index in [4.69, 9.17) is 4.74 Å². The van der Waals surface area contributed by atoms with Gasteiger partial charge in [0.1, 0.15) is 30.7 Å². The Morgan fingerprint density at radius 2 is 1.94 bits per heavy atom. The van der Waals surface area contributed by atoms with Crippen LogP contribution in [0.1, 0.15) is 35.7 Å². The number of aliphatic hydroxyl groups is 1. The third kappa shape index (κ3) is 4.81. The predicted octanol–water partition coefficient (Wildman–Crippen LogP) is 2.56. The summed E-state index contributed by atoms with van der Waals surface area (Å²) < 4.78 is 43.6. The second-order valence-electron chi connectivity index (χ2n) is 8.65.